The van der Waals surface area contributed by atoms with Crippen molar-refractivity contribution >= 4 is 44.3 Å². The monoisotopic (exact) mass is 464 g/mol. The van der Waals surface area contributed by atoms with Crippen LogP contribution in [-0.2, 0) is 0 Å². The summed E-state index contributed by atoms with van der Waals surface area (Å²) in [5, 5.41) is 16.5. The van der Waals surface area contributed by atoms with Crippen molar-refractivity contribution in [1.29, 1.82) is 5.26 Å². The lowest BCUT2D eigenvalue weighted by atomic mass is 10.1. The zero-order valence-electron chi connectivity index (χ0n) is 15.6. The predicted octanol–water partition coefficient (Wildman–Crippen LogP) is 5.38. The largest absolute Gasteiger partial charge is 0.424 e. The van der Waals surface area contributed by atoms with Gasteiger partial charge in [0, 0.05) is 11.5 Å². The van der Waals surface area contributed by atoms with Crippen LogP contribution in [0.5, 0.6) is 11.8 Å². The number of nitriles is 1. The molecule has 0 aliphatic carbocycles. The number of rotatable bonds is 5. The van der Waals surface area contributed by atoms with Crippen molar-refractivity contribution in [2.45, 2.75) is 0 Å². The number of benzene rings is 3. The van der Waals surface area contributed by atoms with Crippen LogP contribution in [0.3, 0.4) is 0 Å². The zero-order valence-corrected chi connectivity index (χ0v) is 17.2. The Bertz CT molecular complexity index is 1290. The van der Waals surface area contributed by atoms with Crippen molar-refractivity contribution in [3.63, 3.8) is 0 Å². The molecule has 4 rings (SSSR count). The molecule has 4 aromatic rings. The maximum absolute atomic E-state index is 14.2. The molecule has 0 fully saturated rings. The van der Waals surface area contributed by atoms with E-state index in [2.05, 4.69) is 41.5 Å². The third kappa shape index (κ3) is 4.14. The zero-order chi connectivity index (χ0) is 21.1. The highest BCUT2D eigenvalue weighted by Gasteiger charge is 2.11. The Morgan fingerprint density at radius 2 is 1.87 bits per heavy atom. The highest BCUT2D eigenvalue weighted by molar-refractivity contribution is 9.10. The van der Waals surface area contributed by atoms with Gasteiger partial charge < -0.3 is 15.4 Å². The molecule has 0 atom stereocenters. The molecule has 0 aliphatic rings. The van der Waals surface area contributed by atoms with E-state index in [4.69, 9.17) is 10.00 Å². The van der Waals surface area contributed by atoms with Crippen molar-refractivity contribution in [3.8, 4) is 17.8 Å². The predicted molar refractivity (Wildman–Crippen MR) is 115 cm³/mol. The summed E-state index contributed by atoms with van der Waals surface area (Å²) >= 11 is 3.53. The minimum Gasteiger partial charge on any atom is -0.424 e. The van der Waals surface area contributed by atoms with Crippen LogP contribution in [0.15, 0.2) is 59.1 Å². The molecule has 3 aromatic carbocycles. The highest BCUT2D eigenvalue weighted by Crippen LogP contribution is 2.30. The molecule has 9 heteroatoms. The Morgan fingerprint density at radius 3 is 2.63 bits per heavy atom. The lowest BCUT2D eigenvalue weighted by Gasteiger charge is -2.10. The number of hydrogen-bond donors (Lipinski definition) is 2. The van der Waals surface area contributed by atoms with E-state index in [0.717, 1.165) is 21.3 Å². The summed E-state index contributed by atoms with van der Waals surface area (Å²) in [6.07, 6.45) is 0. The van der Waals surface area contributed by atoms with E-state index in [9.17, 15) is 4.39 Å². The minimum atomic E-state index is -0.595. The first-order chi connectivity index (χ1) is 14.6. The molecule has 0 saturated carbocycles. The van der Waals surface area contributed by atoms with E-state index in [1.165, 1.54) is 12.1 Å². The van der Waals surface area contributed by atoms with E-state index >= 15 is 0 Å². The van der Waals surface area contributed by atoms with Gasteiger partial charge in [0.1, 0.15) is 11.6 Å². The van der Waals surface area contributed by atoms with Gasteiger partial charge in [-0.3, -0.25) is 0 Å². The molecule has 1 heterocycles. The summed E-state index contributed by atoms with van der Waals surface area (Å²) in [7, 11) is 1.65. The normalized spacial score (nSPS) is 10.5. The summed E-state index contributed by atoms with van der Waals surface area (Å²) in [5.74, 6) is 0.286. The van der Waals surface area contributed by atoms with Crippen LogP contribution in [0, 0.1) is 17.1 Å². The standard InChI is InChI=1S/C21H14BrFN6O/c1-25-19-27-20(26-18-8-5-12(11-24)9-17(18)23)29-21(28-19)30-14-7-6-13-3-2-4-16(22)15(13)10-14/h2-10H,1H3,(H2,25,26,27,28,29). The van der Waals surface area contributed by atoms with Crippen LogP contribution in [0.2, 0.25) is 0 Å². The Kier molecular flexibility index (Phi) is 5.41. The molecular weight excluding hydrogens is 451 g/mol. The van der Waals surface area contributed by atoms with Gasteiger partial charge in [-0.25, -0.2) is 4.39 Å². The van der Waals surface area contributed by atoms with E-state index in [-0.39, 0.29) is 29.2 Å². The molecule has 0 aliphatic heterocycles. The van der Waals surface area contributed by atoms with Gasteiger partial charge in [-0.15, -0.1) is 0 Å². The highest BCUT2D eigenvalue weighted by atomic mass is 79.9. The number of hydrogen-bond acceptors (Lipinski definition) is 7. The smallest absolute Gasteiger partial charge is 0.328 e. The number of fused-ring (bicyclic) bond motifs is 1. The average molecular weight is 465 g/mol. The molecule has 2 N–H and O–H groups in total. The molecule has 1 aromatic heterocycles. The molecule has 7 nitrogen and oxygen atoms in total. The van der Waals surface area contributed by atoms with Crippen molar-refractivity contribution in [2.24, 2.45) is 0 Å². The summed E-state index contributed by atoms with van der Waals surface area (Å²) in [6.45, 7) is 0. The minimum absolute atomic E-state index is 0.0392. The van der Waals surface area contributed by atoms with Crippen molar-refractivity contribution in [2.75, 3.05) is 17.7 Å². The Hall–Kier alpha value is -3.77. The van der Waals surface area contributed by atoms with Gasteiger partial charge in [0.2, 0.25) is 11.9 Å². The van der Waals surface area contributed by atoms with Crippen LogP contribution in [0.4, 0.5) is 22.0 Å². The third-order valence-electron chi connectivity index (χ3n) is 4.19. The number of nitrogens with one attached hydrogen (secondary N) is 2. The third-order valence-corrected chi connectivity index (χ3v) is 4.88. The van der Waals surface area contributed by atoms with Crippen LogP contribution < -0.4 is 15.4 Å². The second kappa shape index (κ2) is 8.31. The molecule has 0 radical (unpaired) electrons. The lowest BCUT2D eigenvalue weighted by molar-refractivity contribution is 0.442. The quantitative estimate of drug-likeness (QED) is 0.409. The van der Waals surface area contributed by atoms with Gasteiger partial charge >= 0.3 is 6.01 Å². The number of anilines is 3. The molecule has 0 amide bonds. The van der Waals surface area contributed by atoms with Crippen molar-refractivity contribution in [3.05, 3.63) is 70.5 Å². The van der Waals surface area contributed by atoms with Gasteiger partial charge in [0.25, 0.3) is 0 Å². The topological polar surface area (TPSA) is 95.8 Å². The maximum atomic E-state index is 14.2. The number of aromatic nitrogens is 3. The molecular formula is C21H14BrFN6O. The second-order valence-corrected chi connectivity index (χ2v) is 7.03. The summed E-state index contributed by atoms with van der Waals surface area (Å²) in [5.41, 5.74) is 0.346. The van der Waals surface area contributed by atoms with E-state index in [1.807, 2.05) is 42.5 Å². The second-order valence-electron chi connectivity index (χ2n) is 6.17. The molecule has 0 bridgehead atoms. The fraction of sp³-hybridized carbons (Fsp3) is 0.0476. The Morgan fingerprint density at radius 1 is 1.03 bits per heavy atom. The fourth-order valence-electron chi connectivity index (χ4n) is 2.76. The van der Waals surface area contributed by atoms with Crippen molar-refractivity contribution in [1.82, 2.24) is 15.0 Å². The van der Waals surface area contributed by atoms with Crippen LogP contribution in [0.1, 0.15) is 5.56 Å². The van der Waals surface area contributed by atoms with E-state index in [0.29, 0.717) is 5.75 Å². The van der Waals surface area contributed by atoms with Gasteiger partial charge in [0.05, 0.1) is 17.3 Å². The van der Waals surface area contributed by atoms with Crippen LogP contribution >= 0.6 is 15.9 Å². The number of ether oxygens (including phenoxy) is 1. The van der Waals surface area contributed by atoms with Gasteiger partial charge in [-0.2, -0.15) is 20.2 Å². The number of nitrogens with zero attached hydrogens (tertiary/aromatic N) is 4. The molecule has 30 heavy (non-hydrogen) atoms. The summed E-state index contributed by atoms with van der Waals surface area (Å²) in [4.78, 5) is 12.6. The van der Waals surface area contributed by atoms with Gasteiger partial charge in [-0.1, -0.05) is 34.1 Å². The number of halogens is 2. The van der Waals surface area contributed by atoms with Crippen LogP contribution in [0.25, 0.3) is 10.8 Å². The van der Waals surface area contributed by atoms with E-state index in [1.54, 1.807) is 7.05 Å². The fourth-order valence-corrected chi connectivity index (χ4v) is 3.25. The molecule has 0 unspecified atom stereocenters. The first-order valence-corrected chi connectivity index (χ1v) is 9.61. The summed E-state index contributed by atoms with van der Waals surface area (Å²) < 4.78 is 21.0. The molecule has 0 spiro atoms. The van der Waals surface area contributed by atoms with Gasteiger partial charge in [-0.05, 0) is 47.2 Å². The van der Waals surface area contributed by atoms with Crippen molar-refractivity contribution < 1.29 is 9.13 Å². The van der Waals surface area contributed by atoms with Gasteiger partial charge in [0.15, 0.2) is 0 Å². The molecule has 0 saturated heterocycles. The van der Waals surface area contributed by atoms with E-state index < -0.39 is 5.82 Å². The maximum Gasteiger partial charge on any atom is 0.328 e. The Labute approximate surface area is 179 Å². The SMILES string of the molecule is CNc1nc(Nc2ccc(C#N)cc2F)nc(Oc2ccc3cccc(Br)c3c2)n1. The first-order valence-electron chi connectivity index (χ1n) is 8.82. The lowest BCUT2D eigenvalue weighted by Crippen LogP contribution is -2.06. The first kappa shape index (κ1) is 19.5. The van der Waals surface area contributed by atoms with Crippen LogP contribution in [-0.4, -0.2) is 22.0 Å². The average Bonchev–Trinajstić information content (AvgIpc) is 2.75. The Balaban J connectivity index is 1.65. The summed E-state index contributed by atoms with van der Waals surface area (Å²) in [6, 6.07) is 17.5. The molecule has 148 valence electrons.